The molecule has 3 rings (SSSR count). The number of ether oxygens (including phenoxy) is 1. The fourth-order valence-corrected chi connectivity index (χ4v) is 2.50. The highest BCUT2D eigenvalue weighted by atomic mass is 16.5. The maximum absolute atomic E-state index is 5.68. The van der Waals surface area contributed by atoms with Crippen LogP contribution in [-0.2, 0) is 13.6 Å². The number of benzene rings is 1. The lowest BCUT2D eigenvalue weighted by Crippen LogP contribution is -2.26. The van der Waals surface area contributed by atoms with Crippen molar-refractivity contribution in [1.29, 1.82) is 0 Å². The number of rotatable bonds is 3. The van der Waals surface area contributed by atoms with Crippen molar-refractivity contribution in [2.45, 2.75) is 25.9 Å². The van der Waals surface area contributed by atoms with Crippen LogP contribution >= 0.6 is 0 Å². The number of hydrogen-bond acceptors (Lipinski definition) is 3. The Bertz CT molecular complexity index is 577. The van der Waals surface area contributed by atoms with Crippen molar-refractivity contribution in [2.75, 3.05) is 6.61 Å². The van der Waals surface area contributed by atoms with Crippen LogP contribution in [0, 0.1) is 6.92 Å². The zero-order valence-corrected chi connectivity index (χ0v) is 11.4. The molecule has 0 radical (unpaired) electrons. The lowest BCUT2D eigenvalue weighted by atomic mass is 10.0. The molecule has 1 unspecified atom stereocenters. The van der Waals surface area contributed by atoms with Crippen LogP contribution in [0.4, 0.5) is 0 Å². The zero-order chi connectivity index (χ0) is 13.2. The van der Waals surface area contributed by atoms with Gasteiger partial charge in [-0.25, -0.2) is 0 Å². The quantitative estimate of drug-likeness (QED) is 0.917. The molecule has 19 heavy (non-hydrogen) atoms. The first-order valence-electron chi connectivity index (χ1n) is 6.68. The molecule has 1 atom stereocenters. The SMILES string of the molecule is Cc1c(CNC2CCOc3ccccc32)cnn1C. The molecule has 4 nitrogen and oxygen atoms in total. The highest BCUT2D eigenvalue weighted by Crippen LogP contribution is 2.31. The fraction of sp³-hybridized carbons (Fsp3) is 0.400. The van der Waals surface area contributed by atoms with E-state index < -0.39 is 0 Å². The summed E-state index contributed by atoms with van der Waals surface area (Å²) in [7, 11) is 1.97. The van der Waals surface area contributed by atoms with E-state index in [1.807, 2.05) is 30.1 Å². The zero-order valence-electron chi connectivity index (χ0n) is 11.4. The standard InChI is InChI=1S/C15H19N3O/c1-11-12(10-17-18(11)2)9-16-14-7-8-19-15-6-4-3-5-13(14)15/h3-6,10,14,16H,7-9H2,1-2H3. The van der Waals surface area contributed by atoms with E-state index in [0.29, 0.717) is 6.04 Å². The van der Waals surface area contributed by atoms with Crippen LogP contribution in [0.1, 0.15) is 29.3 Å². The maximum atomic E-state index is 5.68. The van der Waals surface area contributed by atoms with Gasteiger partial charge >= 0.3 is 0 Å². The molecule has 0 fully saturated rings. The molecule has 1 aromatic heterocycles. The molecule has 0 saturated carbocycles. The number of para-hydroxylation sites is 1. The molecule has 1 aliphatic rings. The molecule has 0 aliphatic carbocycles. The summed E-state index contributed by atoms with van der Waals surface area (Å²) in [6.45, 7) is 3.72. The van der Waals surface area contributed by atoms with Gasteiger partial charge in [0.05, 0.1) is 12.8 Å². The van der Waals surface area contributed by atoms with Gasteiger partial charge in [0.25, 0.3) is 0 Å². The summed E-state index contributed by atoms with van der Waals surface area (Å²) in [4.78, 5) is 0. The number of aromatic nitrogens is 2. The van der Waals surface area contributed by atoms with Crippen LogP contribution in [0.25, 0.3) is 0 Å². The minimum Gasteiger partial charge on any atom is -0.493 e. The Morgan fingerprint density at radius 3 is 3.05 bits per heavy atom. The van der Waals surface area contributed by atoms with Gasteiger partial charge < -0.3 is 10.1 Å². The Morgan fingerprint density at radius 1 is 1.42 bits per heavy atom. The van der Waals surface area contributed by atoms with Gasteiger partial charge in [-0.1, -0.05) is 18.2 Å². The second-order valence-corrected chi connectivity index (χ2v) is 4.99. The molecule has 100 valence electrons. The Kier molecular flexibility index (Phi) is 3.25. The van der Waals surface area contributed by atoms with Crippen molar-refractivity contribution in [1.82, 2.24) is 15.1 Å². The van der Waals surface area contributed by atoms with Gasteiger partial charge in [0.1, 0.15) is 5.75 Å². The van der Waals surface area contributed by atoms with Crippen LogP contribution in [-0.4, -0.2) is 16.4 Å². The van der Waals surface area contributed by atoms with Crippen molar-refractivity contribution in [3.63, 3.8) is 0 Å². The summed E-state index contributed by atoms with van der Waals surface area (Å²) in [5.74, 6) is 1.01. The molecule has 0 saturated heterocycles. The lowest BCUT2D eigenvalue weighted by molar-refractivity contribution is 0.252. The fourth-order valence-electron chi connectivity index (χ4n) is 2.50. The van der Waals surface area contributed by atoms with Crippen molar-refractivity contribution in [3.05, 3.63) is 47.3 Å². The van der Waals surface area contributed by atoms with Crippen LogP contribution < -0.4 is 10.1 Å². The molecular weight excluding hydrogens is 238 g/mol. The van der Waals surface area contributed by atoms with Crippen molar-refractivity contribution >= 4 is 0 Å². The van der Waals surface area contributed by atoms with E-state index >= 15 is 0 Å². The molecule has 2 heterocycles. The topological polar surface area (TPSA) is 39.1 Å². The summed E-state index contributed by atoms with van der Waals surface area (Å²) >= 11 is 0. The minimum absolute atomic E-state index is 0.365. The third kappa shape index (κ3) is 2.36. The van der Waals surface area contributed by atoms with E-state index in [2.05, 4.69) is 29.5 Å². The molecular formula is C15H19N3O. The molecule has 2 aromatic rings. The van der Waals surface area contributed by atoms with Crippen LogP contribution in [0.3, 0.4) is 0 Å². The van der Waals surface area contributed by atoms with Crippen LogP contribution in [0.15, 0.2) is 30.5 Å². The smallest absolute Gasteiger partial charge is 0.124 e. The summed E-state index contributed by atoms with van der Waals surface area (Å²) in [6, 6.07) is 8.63. The van der Waals surface area contributed by atoms with E-state index in [1.165, 1.54) is 16.8 Å². The van der Waals surface area contributed by atoms with Gasteiger partial charge in [0.2, 0.25) is 0 Å². The average Bonchev–Trinajstić information content (AvgIpc) is 2.76. The van der Waals surface area contributed by atoms with E-state index in [4.69, 9.17) is 4.74 Å². The first-order chi connectivity index (χ1) is 9.25. The second-order valence-electron chi connectivity index (χ2n) is 4.99. The monoisotopic (exact) mass is 257 g/mol. The number of nitrogens with zero attached hydrogens (tertiary/aromatic N) is 2. The Morgan fingerprint density at radius 2 is 2.26 bits per heavy atom. The molecule has 0 amide bonds. The Balaban J connectivity index is 1.73. The molecule has 1 aromatic carbocycles. The second kappa shape index (κ2) is 5.05. The first kappa shape index (κ1) is 12.2. The van der Waals surface area contributed by atoms with Gasteiger partial charge in [0.15, 0.2) is 0 Å². The van der Waals surface area contributed by atoms with E-state index in [1.54, 1.807) is 0 Å². The van der Waals surface area contributed by atoms with Gasteiger partial charge in [-0.15, -0.1) is 0 Å². The Hall–Kier alpha value is -1.81. The number of hydrogen-bond donors (Lipinski definition) is 1. The normalized spacial score (nSPS) is 17.9. The third-order valence-electron chi connectivity index (χ3n) is 3.83. The first-order valence-corrected chi connectivity index (χ1v) is 6.68. The molecule has 1 aliphatic heterocycles. The number of aryl methyl sites for hydroxylation is 1. The summed E-state index contributed by atoms with van der Waals surface area (Å²) < 4.78 is 7.59. The van der Waals surface area contributed by atoms with Crippen molar-refractivity contribution in [2.24, 2.45) is 7.05 Å². The van der Waals surface area contributed by atoms with Crippen LogP contribution in [0.5, 0.6) is 5.75 Å². The van der Waals surface area contributed by atoms with Gasteiger partial charge in [0, 0.05) is 42.9 Å². The van der Waals surface area contributed by atoms with Gasteiger partial charge in [-0.05, 0) is 13.0 Å². The van der Waals surface area contributed by atoms with Gasteiger partial charge in [-0.2, -0.15) is 5.10 Å². The summed E-state index contributed by atoms with van der Waals surface area (Å²) in [5, 5.41) is 7.89. The Labute approximate surface area is 113 Å². The number of nitrogens with one attached hydrogen (secondary N) is 1. The average molecular weight is 257 g/mol. The van der Waals surface area contributed by atoms with Crippen molar-refractivity contribution < 1.29 is 4.74 Å². The minimum atomic E-state index is 0.365. The van der Waals surface area contributed by atoms with E-state index in [-0.39, 0.29) is 0 Å². The van der Waals surface area contributed by atoms with Gasteiger partial charge in [-0.3, -0.25) is 4.68 Å². The van der Waals surface area contributed by atoms with Crippen LogP contribution in [0.2, 0.25) is 0 Å². The maximum Gasteiger partial charge on any atom is 0.124 e. The van der Waals surface area contributed by atoms with E-state index in [0.717, 1.165) is 25.3 Å². The predicted molar refractivity (Wildman–Crippen MR) is 74.1 cm³/mol. The van der Waals surface area contributed by atoms with E-state index in [9.17, 15) is 0 Å². The predicted octanol–water partition coefficient (Wildman–Crippen LogP) is 2.34. The van der Waals surface area contributed by atoms with Crippen molar-refractivity contribution in [3.8, 4) is 5.75 Å². The summed E-state index contributed by atoms with van der Waals surface area (Å²) in [6.07, 6.45) is 2.95. The summed E-state index contributed by atoms with van der Waals surface area (Å²) in [5.41, 5.74) is 3.73. The highest BCUT2D eigenvalue weighted by molar-refractivity contribution is 5.37. The lowest BCUT2D eigenvalue weighted by Gasteiger charge is -2.26. The molecule has 4 heteroatoms. The molecule has 1 N–H and O–H groups in total. The molecule has 0 spiro atoms. The number of fused-ring (bicyclic) bond motifs is 1. The third-order valence-corrected chi connectivity index (χ3v) is 3.83. The largest absolute Gasteiger partial charge is 0.493 e. The molecule has 0 bridgehead atoms. The highest BCUT2D eigenvalue weighted by Gasteiger charge is 2.20.